The van der Waals surface area contributed by atoms with Gasteiger partial charge in [-0.2, -0.15) is 0 Å². The van der Waals surface area contributed by atoms with E-state index < -0.39 is 0 Å². The minimum atomic E-state index is 0.110. The van der Waals surface area contributed by atoms with Crippen molar-refractivity contribution < 1.29 is 9.53 Å². The molecule has 1 aromatic rings. The number of carbonyl (C=O) groups excluding carboxylic acids is 1. The molecule has 2 aliphatic rings. The minimum absolute atomic E-state index is 0.110. The van der Waals surface area contributed by atoms with Crippen molar-refractivity contribution in [1.82, 2.24) is 5.32 Å². The normalized spacial score (nSPS) is 23.4. The van der Waals surface area contributed by atoms with Crippen molar-refractivity contribution in [2.24, 2.45) is 0 Å². The maximum atomic E-state index is 11.9. The number of carbonyl (C=O) groups is 1. The molecule has 5 heteroatoms. The first-order chi connectivity index (χ1) is 7.77. The lowest BCUT2D eigenvalue weighted by Gasteiger charge is -2.40. The molecule has 0 aliphatic carbocycles. The molecule has 3 rings (SSSR count). The number of hydrogen-bond acceptors (Lipinski definition) is 3. The maximum absolute atomic E-state index is 11.9. The molecule has 0 bridgehead atoms. The lowest BCUT2D eigenvalue weighted by atomic mass is 10.1. The van der Waals surface area contributed by atoms with Gasteiger partial charge in [0.1, 0.15) is 6.61 Å². The van der Waals surface area contributed by atoms with Crippen LogP contribution in [0.1, 0.15) is 0 Å². The first-order valence-electron chi connectivity index (χ1n) is 5.21. The summed E-state index contributed by atoms with van der Waals surface area (Å²) in [7, 11) is 0. The second-order valence-corrected chi connectivity index (χ2v) is 4.80. The Balaban J connectivity index is 2.09. The number of hydrogen-bond donors (Lipinski definition) is 1. The summed E-state index contributed by atoms with van der Waals surface area (Å²) < 4.78 is 6.59. The number of anilines is 1. The summed E-state index contributed by atoms with van der Waals surface area (Å²) in [5, 5.41) is 3.10. The predicted molar refractivity (Wildman–Crippen MR) is 63.8 cm³/mol. The SMILES string of the molecule is O=C1CNCC2COc3c(Br)cccc3N12. The van der Waals surface area contributed by atoms with Crippen molar-refractivity contribution in [3.63, 3.8) is 0 Å². The summed E-state index contributed by atoms with van der Waals surface area (Å²) in [6, 6.07) is 5.88. The molecular formula is C11H11BrN2O2. The van der Waals surface area contributed by atoms with E-state index >= 15 is 0 Å². The van der Waals surface area contributed by atoms with Gasteiger partial charge < -0.3 is 10.1 Å². The zero-order chi connectivity index (χ0) is 11.1. The molecule has 1 atom stereocenters. The Labute approximate surface area is 102 Å². The first kappa shape index (κ1) is 10.1. The number of piperazine rings is 1. The number of rotatable bonds is 0. The summed E-state index contributed by atoms with van der Waals surface area (Å²) in [6.45, 7) is 1.74. The van der Waals surface area contributed by atoms with E-state index in [1.54, 1.807) is 0 Å². The van der Waals surface area contributed by atoms with E-state index in [9.17, 15) is 4.79 Å². The summed E-state index contributed by atoms with van der Waals surface area (Å²) in [5.41, 5.74) is 0.872. The van der Waals surface area contributed by atoms with Crippen LogP contribution < -0.4 is 15.0 Å². The van der Waals surface area contributed by atoms with Crippen LogP contribution in [0.15, 0.2) is 22.7 Å². The molecule has 1 N–H and O–H groups in total. The van der Waals surface area contributed by atoms with Gasteiger partial charge in [-0.25, -0.2) is 0 Å². The van der Waals surface area contributed by atoms with Crippen molar-refractivity contribution in [3.8, 4) is 5.75 Å². The van der Waals surface area contributed by atoms with Crippen molar-refractivity contribution in [1.29, 1.82) is 0 Å². The Morgan fingerprint density at radius 3 is 3.25 bits per heavy atom. The minimum Gasteiger partial charge on any atom is -0.488 e. The number of amides is 1. The summed E-state index contributed by atoms with van der Waals surface area (Å²) in [5.74, 6) is 0.882. The van der Waals surface area contributed by atoms with E-state index in [1.165, 1.54) is 0 Å². The highest BCUT2D eigenvalue weighted by Crippen LogP contribution is 2.39. The fourth-order valence-corrected chi connectivity index (χ4v) is 2.67. The largest absolute Gasteiger partial charge is 0.488 e. The first-order valence-corrected chi connectivity index (χ1v) is 6.01. The summed E-state index contributed by atoms with van der Waals surface area (Å²) in [4.78, 5) is 13.7. The van der Waals surface area contributed by atoms with E-state index in [0.29, 0.717) is 13.2 Å². The molecule has 2 aliphatic heterocycles. The Morgan fingerprint density at radius 2 is 2.38 bits per heavy atom. The molecule has 1 unspecified atom stereocenters. The molecule has 1 aromatic carbocycles. The van der Waals surface area contributed by atoms with Crippen molar-refractivity contribution in [2.75, 3.05) is 24.6 Å². The van der Waals surface area contributed by atoms with Crippen LogP contribution >= 0.6 is 15.9 Å². The molecule has 0 saturated carbocycles. The van der Waals surface area contributed by atoms with Crippen LogP contribution in [0.2, 0.25) is 0 Å². The number of fused-ring (bicyclic) bond motifs is 3. The van der Waals surface area contributed by atoms with Crippen molar-refractivity contribution in [2.45, 2.75) is 6.04 Å². The fourth-order valence-electron chi connectivity index (χ4n) is 2.20. The molecule has 0 radical (unpaired) electrons. The molecular weight excluding hydrogens is 272 g/mol. The van der Waals surface area contributed by atoms with Gasteiger partial charge >= 0.3 is 0 Å². The van der Waals surface area contributed by atoms with E-state index in [0.717, 1.165) is 22.5 Å². The lowest BCUT2D eigenvalue weighted by molar-refractivity contribution is -0.119. The van der Waals surface area contributed by atoms with Crippen LogP contribution in [0.4, 0.5) is 5.69 Å². The average molecular weight is 283 g/mol. The van der Waals surface area contributed by atoms with Crippen LogP contribution in [-0.4, -0.2) is 31.6 Å². The zero-order valence-electron chi connectivity index (χ0n) is 8.57. The van der Waals surface area contributed by atoms with Gasteiger partial charge in [-0.05, 0) is 28.1 Å². The maximum Gasteiger partial charge on any atom is 0.241 e. The van der Waals surface area contributed by atoms with Crippen LogP contribution in [0, 0.1) is 0 Å². The second-order valence-electron chi connectivity index (χ2n) is 3.95. The Morgan fingerprint density at radius 1 is 1.50 bits per heavy atom. The zero-order valence-corrected chi connectivity index (χ0v) is 10.2. The quantitative estimate of drug-likeness (QED) is 0.776. The number of nitrogens with zero attached hydrogens (tertiary/aromatic N) is 1. The number of ether oxygens (including phenoxy) is 1. The van der Waals surface area contributed by atoms with Gasteiger partial charge in [0.2, 0.25) is 5.91 Å². The molecule has 1 fully saturated rings. The molecule has 2 heterocycles. The lowest BCUT2D eigenvalue weighted by Crippen LogP contribution is -2.59. The van der Waals surface area contributed by atoms with Crippen molar-refractivity contribution in [3.05, 3.63) is 22.7 Å². The number of nitrogens with one attached hydrogen (secondary N) is 1. The number of halogens is 1. The molecule has 4 nitrogen and oxygen atoms in total. The third-order valence-electron chi connectivity index (χ3n) is 2.92. The van der Waals surface area contributed by atoms with Gasteiger partial charge in [0.05, 0.1) is 22.7 Å². The van der Waals surface area contributed by atoms with E-state index in [4.69, 9.17) is 4.74 Å². The summed E-state index contributed by atoms with van der Waals surface area (Å²) in [6.07, 6.45) is 0. The highest BCUT2D eigenvalue weighted by atomic mass is 79.9. The molecule has 84 valence electrons. The third-order valence-corrected chi connectivity index (χ3v) is 3.54. The van der Waals surface area contributed by atoms with Gasteiger partial charge in [0.25, 0.3) is 0 Å². The van der Waals surface area contributed by atoms with Gasteiger partial charge in [-0.1, -0.05) is 6.07 Å². The van der Waals surface area contributed by atoms with E-state index in [-0.39, 0.29) is 11.9 Å². The Kier molecular flexibility index (Phi) is 2.37. The molecule has 1 saturated heterocycles. The fraction of sp³-hybridized carbons (Fsp3) is 0.364. The van der Waals surface area contributed by atoms with Gasteiger partial charge in [-0.3, -0.25) is 9.69 Å². The monoisotopic (exact) mass is 282 g/mol. The number of para-hydroxylation sites is 1. The van der Waals surface area contributed by atoms with E-state index in [1.807, 2.05) is 23.1 Å². The standard InChI is InChI=1S/C11H11BrN2O2/c12-8-2-1-3-9-11(8)16-6-7-4-13-5-10(15)14(7)9/h1-3,7,13H,4-6H2. The average Bonchev–Trinajstić information content (AvgIpc) is 2.29. The van der Waals surface area contributed by atoms with Crippen LogP contribution in [0.3, 0.4) is 0 Å². The van der Waals surface area contributed by atoms with Crippen LogP contribution in [-0.2, 0) is 4.79 Å². The second kappa shape index (κ2) is 3.75. The number of benzene rings is 1. The van der Waals surface area contributed by atoms with Crippen molar-refractivity contribution >= 4 is 27.5 Å². The topological polar surface area (TPSA) is 41.6 Å². The van der Waals surface area contributed by atoms with Gasteiger partial charge in [-0.15, -0.1) is 0 Å². The smallest absolute Gasteiger partial charge is 0.241 e. The summed E-state index contributed by atoms with van der Waals surface area (Å²) >= 11 is 3.44. The van der Waals surface area contributed by atoms with Gasteiger partial charge in [0.15, 0.2) is 5.75 Å². The molecule has 0 aromatic heterocycles. The molecule has 1 amide bonds. The van der Waals surface area contributed by atoms with Crippen LogP contribution in [0.5, 0.6) is 5.75 Å². The predicted octanol–water partition coefficient (Wildman–Crippen LogP) is 1.15. The molecule has 0 spiro atoms. The van der Waals surface area contributed by atoms with Crippen LogP contribution in [0.25, 0.3) is 0 Å². The Hall–Kier alpha value is -1.07. The molecule has 16 heavy (non-hydrogen) atoms. The highest BCUT2D eigenvalue weighted by molar-refractivity contribution is 9.10. The highest BCUT2D eigenvalue weighted by Gasteiger charge is 2.35. The third kappa shape index (κ3) is 1.43. The van der Waals surface area contributed by atoms with E-state index in [2.05, 4.69) is 21.2 Å². The van der Waals surface area contributed by atoms with Gasteiger partial charge in [0, 0.05) is 6.54 Å². The Bertz CT molecular complexity index is 450.